The Hall–Kier alpha value is -1.31. The molecule has 1 atom stereocenters. The van der Waals surface area contributed by atoms with Gasteiger partial charge in [-0.25, -0.2) is 0 Å². The largest absolute Gasteiger partial charge is 0.481 e. The molecule has 6 N–H and O–H groups in total. The van der Waals surface area contributed by atoms with Crippen molar-refractivity contribution in [3.05, 3.63) is 0 Å². The fourth-order valence-electron chi connectivity index (χ4n) is 4.21. The number of carbonyl (C=O) groups is 2. The molecule has 11 nitrogen and oxygen atoms in total. The van der Waals surface area contributed by atoms with E-state index in [0.717, 1.165) is 38.5 Å². The summed E-state index contributed by atoms with van der Waals surface area (Å²) in [6.45, 7) is 5.83. The highest BCUT2D eigenvalue weighted by molar-refractivity contribution is 7.87. The van der Waals surface area contributed by atoms with Crippen molar-refractivity contribution in [3.8, 4) is 0 Å². The van der Waals surface area contributed by atoms with Crippen LogP contribution in [0, 0.1) is 5.41 Å². The minimum atomic E-state index is -5.04. The maximum Gasteiger partial charge on any atom is 0.325 e. The van der Waals surface area contributed by atoms with Gasteiger partial charge in [0.15, 0.2) is 5.25 Å². The number of aliphatic hydroxyl groups excluding tert-OH is 3. The van der Waals surface area contributed by atoms with E-state index in [1.54, 1.807) is 4.90 Å². The van der Waals surface area contributed by atoms with Gasteiger partial charge in [-0.15, -0.1) is 0 Å². The maximum absolute atomic E-state index is 12.0. The first-order valence-corrected chi connectivity index (χ1v) is 14.5. The summed E-state index contributed by atoms with van der Waals surface area (Å²) in [4.78, 5) is 25.4. The third-order valence-electron chi connectivity index (χ3n) is 6.15. The van der Waals surface area contributed by atoms with Crippen molar-refractivity contribution in [2.45, 2.75) is 96.1 Å². The molecule has 0 saturated heterocycles. The zero-order chi connectivity index (χ0) is 28.0. The highest BCUT2D eigenvalue weighted by atomic mass is 32.2. The molecule has 0 bridgehead atoms. The first kappa shape index (κ1) is 36.8. The van der Waals surface area contributed by atoms with Gasteiger partial charge in [0.1, 0.15) is 0 Å². The van der Waals surface area contributed by atoms with Crippen LogP contribution < -0.4 is 0 Å². The summed E-state index contributed by atoms with van der Waals surface area (Å²) < 4.78 is 32.9. The Morgan fingerprint density at radius 1 is 0.722 bits per heavy atom. The fraction of sp³-hybridized carbons (Fsp3) is 0.917. The number of carboxylic acid groups (broad SMARTS) is 2. The molecule has 0 fully saturated rings. The number of hydrogen-bond acceptors (Lipinski definition) is 8. The van der Waals surface area contributed by atoms with Crippen molar-refractivity contribution in [2.24, 2.45) is 5.41 Å². The number of hydrogen-bond donors (Lipinski definition) is 6. The molecule has 1 unspecified atom stereocenters. The van der Waals surface area contributed by atoms with Crippen LogP contribution in [-0.4, -0.2) is 100 Å². The Morgan fingerprint density at radius 3 is 1.33 bits per heavy atom. The third kappa shape index (κ3) is 15.7. The Morgan fingerprint density at radius 2 is 1.08 bits per heavy atom. The molecule has 0 aromatic rings. The summed E-state index contributed by atoms with van der Waals surface area (Å²) in [6.07, 6.45) is 7.84. The summed E-state index contributed by atoms with van der Waals surface area (Å²) in [6, 6.07) is 0. The summed E-state index contributed by atoms with van der Waals surface area (Å²) in [5.74, 6) is -3.27. The van der Waals surface area contributed by atoms with E-state index >= 15 is 0 Å². The van der Waals surface area contributed by atoms with Crippen LogP contribution in [-0.2, 0) is 19.7 Å². The number of unbranched alkanes of at least 4 members (excludes halogenated alkanes) is 8. The van der Waals surface area contributed by atoms with Crippen LogP contribution in [0.4, 0.5) is 0 Å². The van der Waals surface area contributed by atoms with Gasteiger partial charge >= 0.3 is 11.9 Å². The first-order chi connectivity index (χ1) is 17.0. The zero-order valence-corrected chi connectivity index (χ0v) is 22.8. The minimum absolute atomic E-state index is 0.0694. The highest BCUT2D eigenvalue weighted by Gasteiger charge is 2.55. The average molecular weight is 544 g/mol. The number of rotatable bonds is 22. The van der Waals surface area contributed by atoms with Crippen LogP contribution in [0.2, 0.25) is 0 Å². The second kappa shape index (κ2) is 21.7. The van der Waals surface area contributed by atoms with Crippen LogP contribution in [0.15, 0.2) is 0 Å². The molecule has 0 amide bonds. The summed E-state index contributed by atoms with van der Waals surface area (Å²) >= 11 is 0. The van der Waals surface area contributed by atoms with Crippen molar-refractivity contribution in [3.63, 3.8) is 0 Å². The van der Waals surface area contributed by atoms with Crippen molar-refractivity contribution < 1.29 is 48.1 Å². The average Bonchev–Trinajstić information content (AvgIpc) is 2.78. The first-order valence-electron chi connectivity index (χ1n) is 13.0. The molecule has 216 valence electrons. The second-order valence-electron chi connectivity index (χ2n) is 9.04. The van der Waals surface area contributed by atoms with E-state index < -0.39 is 32.7 Å². The Labute approximate surface area is 216 Å². The molecular weight excluding hydrogens is 494 g/mol. The van der Waals surface area contributed by atoms with Gasteiger partial charge in [-0.05, 0) is 12.8 Å². The van der Waals surface area contributed by atoms with Crippen LogP contribution in [0.5, 0.6) is 0 Å². The standard InChI is InChI=1S/C18H34O7S.C6H15NO3/c1-3-5-7-9-11-13-18(17(21)22,14-12-10-8-6-4-2)15(16(19)20)26(23,24)25;8-4-1-7(2-5-9)3-6-10/h15H,3-14H2,1-2H3,(H,19,20)(H,21,22)(H,23,24,25);8-10H,1-6H2. The van der Waals surface area contributed by atoms with Crippen molar-refractivity contribution in [2.75, 3.05) is 39.5 Å². The smallest absolute Gasteiger partial charge is 0.325 e. The molecule has 0 rings (SSSR count). The monoisotopic (exact) mass is 543 g/mol. The molecular formula is C24H49NO10S. The molecule has 0 radical (unpaired) electrons. The minimum Gasteiger partial charge on any atom is -0.481 e. The fourth-order valence-corrected chi connectivity index (χ4v) is 5.37. The molecule has 0 aliphatic rings. The molecule has 0 spiro atoms. The van der Waals surface area contributed by atoms with Crippen LogP contribution in [0.25, 0.3) is 0 Å². The Bertz CT molecular complexity index is 644. The summed E-state index contributed by atoms with van der Waals surface area (Å²) in [5, 5.41) is 42.3. The lowest BCUT2D eigenvalue weighted by molar-refractivity contribution is -0.156. The van der Waals surface area contributed by atoms with Gasteiger partial charge in [-0.1, -0.05) is 78.1 Å². The Kier molecular flexibility index (Phi) is 22.3. The maximum atomic E-state index is 12.0. The normalized spacial score (nSPS) is 12.8. The van der Waals surface area contributed by atoms with Gasteiger partial charge in [0.25, 0.3) is 10.1 Å². The lowest BCUT2D eigenvalue weighted by atomic mass is 9.74. The number of carboxylic acids is 2. The SMILES string of the molecule is CCCCCCCC(CCCCCCC)(C(=O)O)C(C(=O)O)S(=O)(=O)O.OCCN(CCO)CCO. The van der Waals surface area contributed by atoms with Gasteiger partial charge in [0.05, 0.1) is 25.2 Å². The van der Waals surface area contributed by atoms with Crippen LogP contribution in [0.3, 0.4) is 0 Å². The van der Waals surface area contributed by atoms with Crippen molar-refractivity contribution >= 4 is 22.1 Å². The van der Waals surface area contributed by atoms with Gasteiger partial charge in [-0.3, -0.25) is 19.0 Å². The van der Waals surface area contributed by atoms with Gasteiger partial charge < -0.3 is 25.5 Å². The topological polar surface area (TPSA) is 193 Å². The van der Waals surface area contributed by atoms with Crippen molar-refractivity contribution in [1.29, 1.82) is 0 Å². The van der Waals surface area contributed by atoms with E-state index in [9.17, 15) is 32.8 Å². The highest BCUT2D eigenvalue weighted by Crippen LogP contribution is 2.39. The van der Waals surface area contributed by atoms with E-state index in [1.165, 1.54) is 0 Å². The van der Waals surface area contributed by atoms with E-state index in [1.807, 2.05) is 13.8 Å². The Balaban J connectivity index is 0. The number of aliphatic carboxylic acids is 2. The van der Waals surface area contributed by atoms with Gasteiger partial charge in [0, 0.05) is 19.6 Å². The van der Waals surface area contributed by atoms with Gasteiger partial charge in [-0.2, -0.15) is 8.42 Å². The molecule has 0 aromatic carbocycles. The lowest BCUT2D eigenvalue weighted by Gasteiger charge is -2.33. The van der Waals surface area contributed by atoms with E-state index in [-0.39, 0.29) is 32.7 Å². The van der Waals surface area contributed by atoms with E-state index in [4.69, 9.17) is 15.3 Å². The van der Waals surface area contributed by atoms with E-state index in [2.05, 4.69) is 0 Å². The molecule has 36 heavy (non-hydrogen) atoms. The predicted molar refractivity (Wildman–Crippen MR) is 137 cm³/mol. The van der Waals surface area contributed by atoms with Crippen LogP contribution >= 0.6 is 0 Å². The number of aliphatic hydroxyl groups is 3. The lowest BCUT2D eigenvalue weighted by Crippen LogP contribution is -2.51. The zero-order valence-electron chi connectivity index (χ0n) is 22.0. The quantitative estimate of drug-likeness (QED) is 0.0867. The molecule has 12 heteroatoms. The molecule has 0 aromatic heterocycles. The molecule has 0 aliphatic heterocycles. The molecule has 0 heterocycles. The van der Waals surface area contributed by atoms with Crippen LogP contribution in [0.1, 0.15) is 90.9 Å². The summed E-state index contributed by atoms with van der Waals surface area (Å²) in [7, 11) is -5.04. The van der Waals surface area contributed by atoms with E-state index in [0.29, 0.717) is 45.3 Å². The van der Waals surface area contributed by atoms with Gasteiger partial charge in [0.2, 0.25) is 0 Å². The summed E-state index contributed by atoms with van der Waals surface area (Å²) in [5.41, 5.74) is -2.00. The van der Waals surface area contributed by atoms with Crippen molar-refractivity contribution in [1.82, 2.24) is 4.90 Å². The molecule has 0 aliphatic carbocycles. The number of nitrogens with zero attached hydrogens (tertiary/aromatic N) is 1. The third-order valence-corrected chi connectivity index (χ3v) is 7.40. The predicted octanol–water partition coefficient (Wildman–Crippen LogP) is 2.38. The second-order valence-corrected chi connectivity index (χ2v) is 10.5. The molecule has 0 saturated carbocycles.